The Hall–Kier alpha value is -1.02. The third-order valence-corrected chi connectivity index (χ3v) is 4.43. The molecule has 0 unspecified atom stereocenters. The SMILES string of the molecule is I.NC(=NCc1ccccc1N1CCOCC1)N1CCCCC1. The fraction of sp³-hybridized carbons (Fsp3) is 0.588. The predicted molar refractivity (Wildman–Crippen MR) is 106 cm³/mol. The maximum Gasteiger partial charge on any atom is 0.191 e. The monoisotopic (exact) mass is 430 g/mol. The van der Waals surface area contributed by atoms with Crippen LogP contribution in [0.4, 0.5) is 5.69 Å². The van der Waals surface area contributed by atoms with Crippen molar-refractivity contribution < 1.29 is 4.74 Å². The van der Waals surface area contributed by atoms with Gasteiger partial charge in [0.15, 0.2) is 5.96 Å². The number of halogens is 1. The molecule has 1 aromatic rings. The van der Waals surface area contributed by atoms with Crippen molar-refractivity contribution in [3.8, 4) is 0 Å². The van der Waals surface area contributed by atoms with Crippen LogP contribution in [0, 0.1) is 0 Å². The lowest BCUT2D eigenvalue weighted by Crippen LogP contribution is -2.40. The number of piperidine rings is 1. The highest BCUT2D eigenvalue weighted by molar-refractivity contribution is 14.0. The van der Waals surface area contributed by atoms with Gasteiger partial charge in [0, 0.05) is 31.9 Å². The molecule has 0 saturated carbocycles. The first-order chi connectivity index (χ1) is 10.8. The first kappa shape index (κ1) is 18.3. The van der Waals surface area contributed by atoms with Gasteiger partial charge >= 0.3 is 0 Å². The molecule has 2 aliphatic rings. The molecule has 1 aromatic carbocycles. The third kappa shape index (κ3) is 4.97. The minimum atomic E-state index is 0. The van der Waals surface area contributed by atoms with Gasteiger partial charge in [0.1, 0.15) is 0 Å². The molecule has 2 fully saturated rings. The molecule has 2 heterocycles. The Morgan fingerprint density at radius 2 is 1.74 bits per heavy atom. The van der Waals surface area contributed by atoms with Crippen molar-refractivity contribution in [3.05, 3.63) is 29.8 Å². The Bertz CT molecular complexity index is 511. The van der Waals surface area contributed by atoms with Crippen molar-refractivity contribution in [3.63, 3.8) is 0 Å². The molecule has 0 spiro atoms. The number of hydrogen-bond acceptors (Lipinski definition) is 3. The average molecular weight is 430 g/mol. The molecule has 0 aliphatic carbocycles. The lowest BCUT2D eigenvalue weighted by atomic mass is 10.1. The molecule has 0 bridgehead atoms. The number of rotatable bonds is 3. The minimum Gasteiger partial charge on any atom is -0.378 e. The lowest BCUT2D eigenvalue weighted by molar-refractivity contribution is 0.122. The number of ether oxygens (including phenoxy) is 1. The van der Waals surface area contributed by atoms with Crippen LogP contribution in [0.3, 0.4) is 0 Å². The van der Waals surface area contributed by atoms with Gasteiger partial charge in [-0.3, -0.25) is 0 Å². The number of para-hydroxylation sites is 1. The molecule has 0 atom stereocenters. The Kier molecular flexibility index (Phi) is 7.42. The van der Waals surface area contributed by atoms with Gasteiger partial charge in [0.25, 0.3) is 0 Å². The van der Waals surface area contributed by atoms with Crippen LogP contribution in [0.15, 0.2) is 29.3 Å². The highest BCUT2D eigenvalue weighted by Gasteiger charge is 2.15. The van der Waals surface area contributed by atoms with Crippen LogP contribution in [0.2, 0.25) is 0 Å². The zero-order valence-electron chi connectivity index (χ0n) is 13.6. The number of aliphatic imine (C=N–C) groups is 1. The van der Waals surface area contributed by atoms with Crippen LogP contribution in [0.1, 0.15) is 24.8 Å². The van der Waals surface area contributed by atoms with Gasteiger partial charge in [0.2, 0.25) is 0 Å². The molecule has 128 valence electrons. The van der Waals surface area contributed by atoms with Gasteiger partial charge in [-0.2, -0.15) is 0 Å². The van der Waals surface area contributed by atoms with E-state index in [0.29, 0.717) is 12.5 Å². The summed E-state index contributed by atoms with van der Waals surface area (Å²) in [5, 5.41) is 0. The molecule has 5 nitrogen and oxygen atoms in total. The molecule has 2 saturated heterocycles. The number of nitrogens with two attached hydrogens (primary N) is 1. The molecule has 2 N–H and O–H groups in total. The number of nitrogens with zero attached hydrogens (tertiary/aromatic N) is 3. The normalized spacial score (nSPS) is 19.4. The van der Waals surface area contributed by atoms with E-state index in [9.17, 15) is 0 Å². The zero-order chi connectivity index (χ0) is 15.2. The Morgan fingerprint density at radius 1 is 1.04 bits per heavy atom. The summed E-state index contributed by atoms with van der Waals surface area (Å²) in [5.41, 5.74) is 8.67. The van der Waals surface area contributed by atoms with E-state index in [1.165, 1.54) is 30.5 Å². The quantitative estimate of drug-likeness (QED) is 0.455. The maximum absolute atomic E-state index is 6.17. The van der Waals surface area contributed by atoms with Crippen LogP contribution >= 0.6 is 24.0 Å². The van der Waals surface area contributed by atoms with Crippen LogP contribution in [-0.4, -0.2) is 50.3 Å². The van der Waals surface area contributed by atoms with Crippen molar-refractivity contribution in [1.29, 1.82) is 0 Å². The van der Waals surface area contributed by atoms with E-state index in [4.69, 9.17) is 10.5 Å². The number of guanidine groups is 1. The van der Waals surface area contributed by atoms with Crippen molar-refractivity contribution in [2.75, 3.05) is 44.3 Å². The molecule has 0 amide bonds. The van der Waals surface area contributed by atoms with Crippen molar-refractivity contribution in [2.45, 2.75) is 25.8 Å². The smallest absolute Gasteiger partial charge is 0.191 e. The van der Waals surface area contributed by atoms with Gasteiger partial charge in [-0.15, -0.1) is 24.0 Å². The highest BCUT2D eigenvalue weighted by Crippen LogP contribution is 2.22. The molecule has 6 heteroatoms. The second-order valence-electron chi connectivity index (χ2n) is 5.95. The Labute approximate surface area is 155 Å². The molecule has 0 radical (unpaired) electrons. The van der Waals surface area contributed by atoms with Crippen molar-refractivity contribution in [1.82, 2.24) is 4.90 Å². The summed E-state index contributed by atoms with van der Waals surface area (Å²) in [4.78, 5) is 9.23. The van der Waals surface area contributed by atoms with E-state index in [1.54, 1.807) is 0 Å². The summed E-state index contributed by atoms with van der Waals surface area (Å²) in [6.45, 7) is 6.22. The van der Waals surface area contributed by atoms with Crippen LogP contribution in [-0.2, 0) is 11.3 Å². The molecule has 23 heavy (non-hydrogen) atoms. The number of benzene rings is 1. The van der Waals surface area contributed by atoms with E-state index in [-0.39, 0.29) is 24.0 Å². The van der Waals surface area contributed by atoms with Gasteiger partial charge in [-0.1, -0.05) is 18.2 Å². The first-order valence-corrected chi connectivity index (χ1v) is 8.30. The number of morpholine rings is 1. The summed E-state index contributed by atoms with van der Waals surface area (Å²) >= 11 is 0. The van der Waals surface area contributed by atoms with Gasteiger partial charge in [-0.05, 0) is 30.9 Å². The van der Waals surface area contributed by atoms with E-state index in [0.717, 1.165) is 39.4 Å². The van der Waals surface area contributed by atoms with E-state index >= 15 is 0 Å². The van der Waals surface area contributed by atoms with Crippen molar-refractivity contribution in [2.24, 2.45) is 10.7 Å². The van der Waals surface area contributed by atoms with Crippen molar-refractivity contribution >= 4 is 35.6 Å². The fourth-order valence-corrected chi connectivity index (χ4v) is 3.15. The van der Waals surface area contributed by atoms with Gasteiger partial charge < -0.3 is 20.3 Å². The maximum atomic E-state index is 6.17. The summed E-state index contributed by atoms with van der Waals surface area (Å²) in [5.74, 6) is 0.691. The lowest BCUT2D eigenvalue weighted by Gasteiger charge is -2.30. The Balaban J connectivity index is 0.00000192. The molecule has 2 aliphatic heterocycles. The molecule has 3 rings (SSSR count). The first-order valence-electron chi connectivity index (χ1n) is 8.30. The summed E-state index contributed by atoms with van der Waals surface area (Å²) in [6, 6.07) is 8.49. The summed E-state index contributed by atoms with van der Waals surface area (Å²) < 4.78 is 5.44. The van der Waals surface area contributed by atoms with Gasteiger partial charge in [-0.25, -0.2) is 4.99 Å². The summed E-state index contributed by atoms with van der Waals surface area (Å²) in [7, 11) is 0. The largest absolute Gasteiger partial charge is 0.378 e. The number of anilines is 1. The minimum absolute atomic E-state index is 0. The van der Waals surface area contributed by atoms with Crippen LogP contribution in [0.5, 0.6) is 0 Å². The van der Waals surface area contributed by atoms with Crippen LogP contribution < -0.4 is 10.6 Å². The highest BCUT2D eigenvalue weighted by atomic mass is 127. The Morgan fingerprint density at radius 3 is 2.48 bits per heavy atom. The average Bonchev–Trinajstić information content (AvgIpc) is 2.61. The topological polar surface area (TPSA) is 54.1 Å². The molecular weight excluding hydrogens is 403 g/mol. The van der Waals surface area contributed by atoms with E-state index in [2.05, 4.69) is 39.1 Å². The van der Waals surface area contributed by atoms with E-state index < -0.39 is 0 Å². The zero-order valence-corrected chi connectivity index (χ0v) is 15.9. The standard InChI is InChI=1S/C17H26N4O.HI/c18-17(21-8-4-1-5-9-21)19-14-15-6-2-3-7-16(15)20-10-12-22-13-11-20;/h2-3,6-7H,1,4-5,8-14H2,(H2,18,19);1H. The molecular formula is C17H27IN4O. The molecule has 0 aromatic heterocycles. The second kappa shape index (κ2) is 9.32. The predicted octanol–water partition coefficient (Wildman–Crippen LogP) is 2.44. The van der Waals surface area contributed by atoms with Crippen LogP contribution in [0.25, 0.3) is 0 Å². The van der Waals surface area contributed by atoms with E-state index in [1.807, 2.05) is 0 Å². The number of likely N-dealkylation sites (tertiary alicyclic amines) is 1. The third-order valence-electron chi connectivity index (χ3n) is 4.43. The second-order valence-corrected chi connectivity index (χ2v) is 5.95. The fourth-order valence-electron chi connectivity index (χ4n) is 3.15. The number of hydrogen-bond donors (Lipinski definition) is 1. The van der Waals surface area contributed by atoms with Gasteiger partial charge in [0.05, 0.1) is 19.8 Å². The summed E-state index contributed by atoms with van der Waals surface area (Å²) in [6.07, 6.45) is 3.75.